The fourth-order valence-corrected chi connectivity index (χ4v) is 6.96. The van der Waals surface area contributed by atoms with Gasteiger partial charge in [-0.3, -0.25) is 24.5 Å². The number of nitrogens with zero attached hydrogens (tertiary/aromatic N) is 4. The van der Waals surface area contributed by atoms with Gasteiger partial charge in [0.1, 0.15) is 0 Å². The molecule has 1 fully saturated rings. The molecule has 1 saturated heterocycles. The first-order valence-corrected chi connectivity index (χ1v) is 15.0. The number of carbonyl (C=O) groups is 2. The molecule has 10 heteroatoms. The molecule has 0 radical (unpaired) electrons. The van der Waals surface area contributed by atoms with Crippen molar-refractivity contribution < 1.29 is 9.59 Å². The van der Waals surface area contributed by atoms with Gasteiger partial charge in [0.15, 0.2) is 0 Å². The highest BCUT2D eigenvalue weighted by atomic mass is 35.5. The zero-order chi connectivity index (χ0) is 29.5. The molecule has 0 aliphatic carbocycles. The first kappa shape index (κ1) is 27.3. The van der Waals surface area contributed by atoms with Gasteiger partial charge in [-0.15, -0.1) is 0 Å². The number of fused-ring (bicyclic) bond motifs is 4. The monoisotopic (exact) mass is 594 g/mol. The lowest BCUT2D eigenvalue weighted by Crippen LogP contribution is -2.42. The number of nitrogens with one attached hydrogen (secondary N) is 2. The Balaban J connectivity index is 1.10. The maximum absolute atomic E-state index is 14.0. The molecule has 9 nitrogen and oxygen atoms in total. The first-order chi connectivity index (χ1) is 20.9. The van der Waals surface area contributed by atoms with Crippen LogP contribution in [0, 0.1) is 5.92 Å². The molecule has 5 aromatic rings. The van der Waals surface area contributed by atoms with E-state index in [-0.39, 0.29) is 29.7 Å². The van der Waals surface area contributed by atoms with Crippen LogP contribution < -0.4 is 5.56 Å². The molecule has 2 N–H and O–H groups in total. The van der Waals surface area contributed by atoms with Crippen molar-refractivity contribution >= 4 is 45.2 Å². The van der Waals surface area contributed by atoms with Gasteiger partial charge in [0, 0.05) is 61.5 Å². The molecular formula is C33H31ClN6O3. The van der Waals surface area contributed by atoms with E-state index < -0.39 is 5.92 Å². The Bertz CT molecular complexity index is 1890. The molecule has 7 rings (SSSR count). The number of pyridine rings is 2. The number of aromatic amines is 2. The van der Waals surface area contributed by atoms with Gasteiger partial charge in [-0.1, -0.05) is 29.8 Å². The average molecular weight is 595 g/mol. The predicted octanol–water partition coefficient (Wildman–Crippen LogP) is 4.95. The number of hydrogen-bond donors (Lipinski definition) is 2. The van der Waals surface area contributed by atoms with Crippen molar-refractivity contribution in [2.45, 2.75) is 44.7 Å². The third kappa shape index (κ3) is 5.29. The summed E-state index contributed by atoms with van der Waals surface area (Å²) in [6.07, 6.45) is 7.15. The molecule has 2 aliphatic rings. The van der Waals surface area contributed by atoms with Gasteiger partial charge in [0.25, 0.3) is 5.56 Å². The molecule has 3 aromatic heterocycles. The largest absolute Gasteiger partial charge is 0.343 e. The predicted molar refractivity (Wildman–Crippen MR) is 165 cm³/mol. The summed E-state index contributed by atoms with van der Waals surface area (Å²) in [5, 5.41) is 9.63. The van der Waals surface area contributed by atoms with E-state index >= 15 is 0 Å². The van der Waals surface area contributed by atoms with Crippen LogP contribution in [0.15, 0.2) is 71.9 Å². The molecule has 2 aromatic carbocycles. The number of aromatic nitrogens is 4. The SMILES string of the molecule is O=C(CC1Cc2cc(Cl)c3[nH]ncc3c2CN(Cc2ccncc2)C1=O)N1CCC(c2cc3ccccc3[nH]c2=O)CC1. The number of amides is 2. The maximum Gasteiger partial charge on any atom is 0.251 e. The highest BCUT2D eigenvalue weighted by Crippen LogP contribution is 2.35. The summed E-state index contributed by atoms with van der Waals surface area (Å²) in [6, 6.07) is 15.5. The highest BCUT2D eigenvalue weighted by Gasteiger charge is 2.35. The number of likely N-dealkylation sites (tertiary alicyclic amines) is 1. The van der Waals surface area contributed by atoms with Crippen molar-refractivity contribution in [1.82, 2.24) is 30.0 Å². The quantitative estimate of drug-likeness (QED) is 0.299. The number of carbonyl (C=O) groups excluding carboxylic acids is 2. The van der Waals surface area contributed by atoms with Crippen molar-refractivity contribution in [3.8, 4) is 0 Å². The van der Waals surface area contributed by atoms with Crippen molar-refractivity contribution in [3.63, 3.8) is 0 Å². The number of H-pyrrole nitrogens is 2. The van der Waals surface area contributed by atoms with E-state index in [2.05, 4.69) is 20.2 Å². The molecule has 43 heavy (non-hydrogen) atoms. The second-order valence-corrected chi connectivity index (χ2v) is 12.0. The van der Waals surface area contributed by atoms with Crippen molar-refractivity contribution in [2.24, 2.45) is 5.92 Å². The van der Waals surface area contributed by atoms with E-state index in [1.165, 1.54) is 0 Å². The Labute approximate surface area is 252 Å². The number of halogens is 1. The molecule has 2 amide bonds. The third-order valence-electron chi connectivity index (χ3n) is 8.98. The Hall–Kier alpha value is -4.50. The van der Waals surface area contributed by atoms with Crippen LogP contribution in [0.25, 0.3) is 21.8 Å². The molecular weight excluding hydrogens is 564 g/mol. The van der Waals surface area contributed by atoms with Crippen LogP contribution in [0.5, 0.6) is 0 Å². The van der Waals surface area contributed by atoms with Gasteiger partial charge in [-0.05, 0) is 77.6 Å². The maximum atomic E-state index is 14.0. The number of rotatable bonds is 5. The van der Waals surface area contributed by atoms with Crippen LogP contribution in [0.2, 0.25) is 5.02 Å². The fraction of sp³-hybridized carbons (Fsp3) is 0.303. The zero-order valence-corrected chi connectivity index (χ0v) is 24.3. The molecule has 1 atom stereocenters. The lowest BCUT2D eigenvalue weighted by Gasteiger charge is -2.33. The molecule has 0 spiro atoms. The molecule has 0 bridgehead atoms. The highest BCUT2D eigenvalue weighted by molar-refractivity contribution is 6.35. The smallest absolute Gasteiger partial charge is 0.251 e. The van der Waals surface area contributed by atoms with Crippen LogP contribution in [-0.2, 0) is 29.1 Å². The normalized spacial score (nSPS) is 17.8. The Morgan fingerprint density at radius 3 is 2.65 bits per heavy atom. The number of piperidine rings is 1. The number of benzene rings is 2. The van der Waals surface area contributed by atoms with Gasteiger partial charge < -0.3 is 14.8 Å². The zero-order valence-electron chi connectivity index (χ0n) is 23.6. The van der Waals surface area contributed by atoms with Gasteiger partial charge >= 0.3 is 0 Å². The van der Waals surface area contributed by atoms with Crippen LogP contribution in [0.1, 0.15) is 47.4 Å². The van der Waals surface area contributed by atoms with E-state index in [1.807, 2.05) is 58.3 Å². The van der Waals surface area contributed by atoms with Crippen LogP contribution in [0.4, 0.5) is 0 Å². The molecule has 218 valence electrons. The van der Waals surface area contributed by atoms with E-state index in [1.54, 1.807) is 18.6 Å². The fourth-order valence-electron chi connectivity index (χ4n) is 6.68. The lowest BCUT2D eigenvalue weighted by atomic mass is 9.88. The summed E-state index contributed by atoms with van der Waals surface area (Å²) in [5.74, 6) is -0.519. The van der Waals surface area contributed by atoms with Crippen LogP contribution in [0.3, 0.4) is 0 Å². The van der Waals surface area contributed by atoms with Crippen molar-refractivity contribution in [2.75, 3.05) is 13.1 Å². The van der Waals surface area contributed by atoms with Crippen LogP contribution >= 0.6 is 11.6 Å². The third-order valence-corrected chi connectivity index (χ3v) is 9.28. The topological polar surface area (TPSA) is 115 Å². The Morgan fingerprint density at radius 1 is 1.05 bits per heavy atom. The summed E-state index contributed by atoms with van der Waals surface area (Å²) >= 11 is 6.60. The second kappa shape index (κ2) is 11.3. The Kier molecular flexibility index (Phi) is 7.18. The minimum Gasteiger partial charge on any atom is -0.343 e. The average Bonchev–Trinajstić information content (AvgIpc) is 3.49. The van der Waals surface area contributed by atoms with Gasteiger partial charge in [-0.2, -0.15) is 5.10 Å². The van der Waals surface area contributed by atoms with Gasteiger partial charge in [-0.25, -0.2) is 0 Å². The molecule has 2 aliphatic heterocycles. The summed E-state index contributed by atoms with van der Waals surface area (Å²) in [5.41, 5.74) is 5.23. The number of hydrogen-bond acceptors (Lipinski definition) is 5. The Morgan fingerprint density at radius 2 is 1.84 bits per heavy atom. The summed E-state index contributed by atoms with van der Waals surface area (Å²) in [6.45, 7) is 1.92. The minimum atomic E-state index is -0.517. The molecule has 1 unspecified atom stereocenters. The van der Waals surface area contributed by atoms with E-state index in [0.717, 1.165) is 44.1 Å². The minimum absolute atomic E-state index is 0.0352. The van der Waals surface area contributed by atoms with Crippen molar-refractivity contribution in [1.29, 1.82) is 0 Å². The second-order valence-electron chi connectivity index (χ2n) is 11.6. The van der Waals surface area contributed by atoms with E-state index in [4.69, 9.17) is 11.6 Å². The van der Waals surface area contributed by atoms with E-state index in [9.17, 15) is 14.4 Å². The molecule has 5 heterocycles. The lowest BCUT2D eigenvalue weighted by molar-refractivity contribution is -0.142. The van der Waals surface area contributed by atoms with Gasteiger partial charge in [0.2, 0.25) is 11.8 Å². The summed E-state index contributed by atoms with van der Waals surface area (Å²) in [7, 11) is 0. The summed E-state index contributed by atoms with van der Waals surface area (Å²) < 4.78 is 0. The van der Waals surface area contributed by atoms with Crippen LogP contribution in [-0.4, -0.2) is 54.9 Å². The van der Waals surface area contributed by atoms with Crippen molar-refractivity contribution in [3.05, 3.63) is 105 Å². The first-order valence-electron chi connectivity index (χ1n) is 14.7. The standard InChI is InChI=1S/C33H31ClN6O3/c34-28-15-23-13-24(33(43)40(18-20-5-9-35-10-6-20)19-27(23)26-17-36-38-31(26)28)16-30(41)39-11-7-21(8-12-39)25-14-22-3-1-2-4-29(22)37-32(25)42/h1-6,9-10,14-15,17,21,24H,7-8,11-13,16,18-19H2,(H,36,38)(H,37,42). The van der Waals surface area contributed by atoms with Gasteiger partial charge in [0.05, 0.1) is 22.7 Å². The summed E-state index contributed by atoms with van der Waals surface area (Å²) in [4.78, 5) is 51.3. The number of para-hydroxylation sites is 1. The van der Waals surface area contributed by atoms with E-state index in [0.29, 0.717) is 50.5 Å². The molecule has 0 saturated carbocycles.